The Bertz CT molecular complexity index is 1110. The number of carbonyl (C=O) groups excluding carboxylic acids is 1. The highest BCUT2D eigenvalue weighted by Gasteiger charge is 2.33. The van der Waals surface area contributed by atoms with Gasteiger partial charge in [0.25, 0.3) is 5.91 Å². The molecule has 0 aliphatic carbocycles. The van der Waals surface area contributed by atoms with Gasteiger partial charge >= 0.3 is 0 Å². The smallest absolute Gasteiger partial charge is 0.257 e. The zero-order chi connectivity index (χ0) is 21.0. The minimum atomic E-state index is -3.35. The lowest BCUT2D eigenvalue weighted by Crippen LogP contribution is -2.33. The molecule has 5 nitrogen and oxygen atoms in total. The van der Waals surface area contributed by atoms with Gasteiger partial charge < -0.3 is 9.64 Å². The van der Waals surface area contributed by atoms with Crippen molar-refractivity contribution in [2.75, 3.05) is 18.8 Å². The van der Waals surface area contributed by atoms with Gasteiger partial charge in [0.1, 0.15) is 11.5 Å². The average Bonchev–Trinajstić information content (AvgIpc) is 2.93. The number of nitrogens with zero attached hydrogens (tertiary/aromatic N) is 1. The predicted octanol–water partition coefficient (Wildman–Crippen LogP) is 4.48. The van der Waals surface area contributed by atoms with Crippen LogP contribution >= 0.6 is 0 Å². The van der Waals surface area contributed by atoms with Crippen LogP contribution in [-0.4, -0.2) is 38.1 Å². The number of para-hydroxylation sites is 2. The lowest BCUT2D eigenvalue weighted by atomic mass is 10.1. The van der Waals surface area contributed by atoms with E-state index in [0.29, 0.717) is 30.0 Å². The Balaban J connectivity index is 1.56. The van der Waals surface area contributed by atoms with E-state index < -0.39 is 15.1 Å². The monoisotopic (exact) mass is 421 g/mol. The number of hydrogen-bond donors (Lipinski definition) is 0. The fourth-order valence-corrected chi connectivity index (χ4v) is 5.50. The molecule has 1 amide bonds. The highest BCUT2D eigenvalue weighted by atomic mass is 32.2. The van der Waals surface area contributed by atoms with Gasteiger partial charge in [-0.15, -0.1) is 0 Å². The van der Waals surface area contributed by atoms with E-state index in [1.807, 2.05) is 66.7 Å². The molecule has 0 aromatic heterocycles. The first-order valence-electron chi connectivity index (χ1n) is 9.92. The topological polar surface area (TPSA) is 63.7 Å². The predicted molar refractivity (Wildman–Crippen MR) is 116 cm³/mol. The molecule has 0 bridgehead atoms. The normalized spacial score (nSPS) is 18.4. The van der Waals surface area contributed by atoms with Gasteiger partial charge in [-0.05, 0) is 36.2 Å². The Hall–Kier alpha value is -3.12. The van der Waals surface area contributed by atoms with Crippen LogP contribution in [-0.2, 0) is 9.84 Å². The highest BCUT2D eigenvalue weighted by molar-refractivity contribution is 7.91. The zero-order valence-corrected chi connectivity index (χ0v) is 17.3. The van der Waals surface area contributed by atoms with Crippen LogP contribution in [0.4, 0.5) is 0 Å². The van der Waals surface area contributed by atoms with Gasteiger partial charge in [0.15, 0.2) is 9.84 Å². The van der Waals surface area contributed by atoms with Crippen molar-refractivity contribution in [3.05, 3.63) is 96.1 Å². The number of carbonyl (C=O) groups is 1. The maximum Gasteiger partial charge on any atom is 0.257 e. The Kier molecular flexibility index (Phi) is 5.86. The molecular formula is C24H23NO4S. The standard InChI is InChI=1S/C24H23NO4S/c26-24(21-13-7-8-14-22(21)29-20-11-5-2-6-12-20)25-16-15-23(30(27,28)18-17-25)19-9-3-1-4-10-19/h1-14,23H,15-18H2. The Labute approximate surface area is 176 Å². The third-order valence-corrected chi connectivity index (χ3v) is 7.41. The van der Waals surface area contributed by atoms with Crippen molar-refractivity contribution < 1.29 is 17.9 Å². The Morgan fingerprint density at radius 1 is 0.833 bits per heavy atom. The summed E-state index contributed by atoms with van der Waals surface area (Å²) in [5.41, 5.74) is 1.21. The lowest BCUT2D eigenvalue weighted by molar-refractivity contribution is 0.0764. The molecule has 1 aliphatic heterocycles. The van der Waals surface area contributed by atoms with Gasteiger partial charge in [0, 0.05) is 13.1 Å². The molecule has 154 valence electrons. The Morgan fingerprint density at radius 3 is 2.20 bits per heavy atom. The van der Waals surface area contributed by atoms with Crippen LogP contribution in [0.1, 0.15) is 27.6 Å². The summed E-state index contributed by atoms with van der Waals surface area (Å²) in [5.74, 6) is 0.825. The largest absolute Gasteiger partial charge is 0.457 e. The summed E-state index contributed by atoms with van der Waals surface area (Å²) >= 11 is 0. The van der Waals surface area contributed by atoms with Gasteiger partial charge in [-0.3, -0.25) is 4.79 Å². The maximum absolute atomic E-state index is 13.3. The summed E-state index contributed by atoms with van der Waals surface area (Å²) < 4.78 is 31.6. The van der Waals surface area contributed by atoms with Crippen LogP contribution in [0.3, 0.4) is 0 Å². The lowest BCUT2D eigenvalue weighted by Gasteiger charge is -2.21. The molecule has 3 aromatic carbocycles. The van der Waals surface area contributed by atoms with E-state index in [1.165, 1.54) is 0 Å². The molecule has 1 aliphatic rings. The molecule has 1 unspecified atom stereocenters. The minimum absolute atomic E-state index is 0.0555. The van der Waals surface area contributed by atoms with E-state index in [9.17, 15) is 13.2 Å². The summed E-state index contributed by atoms with van der Waals surface area (Å²) in [4.78, 5) is 14.9. The molecule has 0 N–H and O–H groups in total. The van der Waals surface area contributed by atoms with Crippen molar-refractivity contribution in [3.8, 4) is 11.5 Å². The van der Waals surface area contributed by atoms with E-state index in [1.54, 1.807) is 23.1 Å². The molecule has 1 heterocycles. The fourth-order valence-electron chi connectivity index (χ4n) is 3.71. The first-order chi connectivity index (χ1) is 14.5. The second-order valence-electron chi connectivity index (χ2n) is 7.26. The Morgan fingerprint density at radius 2 is 1.47 bits per heavy atom. The molecule has 0 radical (unpaired) electrons. The number of hydrogen-bond acceptors (Lipinski definition) is 4. The zero-order valence-electron chi connectivity index (χ0n) is 16.5. The fraction of sp³-hybridized carbons (Fsp3) is 0.208. The van der Waals surface area contributed by atoms with Gasteiger partial charge in [-0.2, -0.15) is 0 Å². The number of sulfone groups is 1. The van der Waals surface area contributed by atoms with Crippen LogP contribution in [0.25, 0.3) is 0 Å². The maximum atomic E-state index is 13.3. The van der Waals surface area contributed by atoms with Gasteiger partial charge in [-0.1, -0.05) is 60.7 Å². The summed E-state index contributed by atoms with van der Waals surface area (Å²) in [6.07, 6.45) is 0.375. The summed E-state index contributed by atoms with van der Waals surface area (Å²) in [7, 11) is -3.35. The molecule has 30 heavy (non-hydrogen) atoms. The molecule has 0 spiro atoms. The van der Waals surface area contributed by atoms with Crippen molar-refractivity contribution in [1.29, 1.82) is 0 Å². The number of benzene rings is 3. The van der Waals surface area contributed by atoms with Gasteiger partial charge in [0.2, 0.25) is 0 Å². The summed E-state index contributed by atoms with van der Waals surface area (Å²) in [6.45, 7) is 0.543. The summed E-state index contributed by atoms with van der Waals surface area (Å²) in [6, 6.07) is 25.6. The van der Waals surface area contributed by atoms with E-state index >= 15 is 0 Å². The first kappa shape index (κ1) is 20.2. The van der Waals surface area contributed by atoms with Crippen molar-refractivity contribution in [3.63, 3.8) is 0 Å². The molecular weight excluding hydrogens is 398 g/mol. The van der Waals surface area contributed by atoms with Crippen LogP contribution in [0.5, 0.6) is 11.5 Å². The SMILES string of the molecule is O=C(c1ccccc1Oc1ccccc1)N1CCC(c2ccccc2)S(=O)(=O)CC1. The van der Waals surface area contributed by atoms with E-state index in [2.05, 4.69) is 0 Å². The van der Waals surface area contributed by atoms with Crippen molar-refractivity contribution in [1.82, 2.24) is 4.90 Å². The number of rotatable bonds is 4. The summed E-state index contributed by atoms with van der Waals surface area (Å²) in [5, 5.41) is -0.590. The average molecular weight is 422 g/mol. The molecule has 4 rings (SSSR count). The molecule has 1 fully saturated rings. The molecule has 6 heteroatoms. The number of ether oxygens (including phenoxy) is 1. The molecule has 1 atom stereocenters. The quantitative estimate of drug-likeness (QED) is 0.623. The number of amides is 1. The van der Waals surface area contributed by atoms with Crippen molar-refractivity contribution >= 4 is 15.7 Å². The third-order valence-electron chi connectivity index (χ3n) is 5.29. The second-order valence-corrected chi connectivity index (χ2v) is 9.56. The van der Waals surface area contributed by atoms with Gasteiger partial charge in [0.05, 0.1) is 16.6 Å². The van der Waals surface area contributed by atoms with Crippen LogP contribution < -0.4 is 4.74 Å². The van der Waals surface area contributed by atoms with Crippen LogP contribution in [0.15, 0.2) is 84.9 Å². The minimum Gasteiger partial charge on any atom is -0.457 e. The van der Waals surface area contributed by atoms with Crippen molar-refractivity contribution in [2.24, 2.45) is 0 Å². The van der Waals surface area contributed by atoms with E-state index in [4.69, 9.17) is 4.74 Å². The van der Waals surface area contributed by atoms with Crippen molar-refractivity contribution in [2.45, 2.75) is 11.7 Å². The van der Waals surface area contributed by atoms with Gasteiger partial charge in [-0.25, -0.2) is 8.42 Å². The second kappa shape index (κ2) is 8.71. The van der Waals surface area contributed by atoms with E-state index in [-0.39, 0.29) is 18.2 Å². The molecule has 0 saturated carbocycles. The van der Waals surface area contributed by atoms with Crippen LogP contribution in [0, 0.1) is 0 Å². The third kappa shape index (κ3) is 4.39. The van der Waals surface area contributed by atoms with Crippen LogP contribution in [0.2, 0.25) is 0 Å². The molecule has 3 aromatic rings. The highest BCUT2D eigenvalue weighted by Crippen LogP contribution is 2.31. The first-order valence-corrected chi connectivity index (χ1v) is 11.6. The van der Waals surface area contributed by atoms with E-state index in [0.717, 1.165) is 5.56 Å². The molecule has 1 saturated heterocycles.